The summed E-state index contributed by atoms with van der Waals surface area (Å²) in [5, 5.41) is 0.655. The molecule has 0 fully saturated rings. The fourth-order valence-electron chi connectivity index (χ4n) is 1.68. The molecule has 18 heavy (non-hydrogen) atoms. The van der Waals surface area contributed by atoms with E-state index < -0.39 is 6.43 Å². The number of halogens is 3. The highest BCUT2D eigenvalue weighted by Gasteiger charge is 2.13. The average molecular weight is 323 g/mol. The monoisotopic (exact) mass is 322 g/mol. The molecular formula is C12H17BrF2N2O. The molecule has 0 saturated heterocycles. The normalized spacial score (nSPS) is 11.3. The number of methoxy groups -OCH3 is 1. The second-order valence-corrected chi connectivity index (χ2v) is 4.75. The van der Waals surface area contributed by atoms with Gasteiger partial charge >= 0.3 is 0 Å². The lowest BCUT2D eigenvalue weighted by molar-refractivity contribution is 0.0875. The van der Waals surface area contributed by atoms with Gasteiger partial charge in [0.05, 0.1) is 19.3 Å². The van der Waals surface area contributed by atoms with Gasteiger partial charge in [0.1, 0.15) is 5.75 Å². The Kier molecular flexibility index (Phi) is 6.49. The van der Waals surface area contributed by atoms with E-state index in [1.807, 2.05) is 13.0 Å². The van der Waals surface area contributed by atoms with E-state index in [0.717, 1.165) is 11.4 Å². The maximum absolute atomic E-state index is 12.4. The number of pyridine rings is 1. The summed E-state index contributed by atoms with van der Waals surface area (Å²) < 4.78 is 30.0. The molecule has 0 aromatic carbocycles. The molecule has 102 valence electrons. The van der Waals surface area contributed by atoms with Gasteiger partial charge in [-0.2, -0.15) is 0 Å². The molecule has 0 aliphatic heterocycles. The molecule has 0 N–H and O–H groups in total. The molecule has 0 aliphatic rings. The molecule has 0 amide bonds. The van der Waals surface area contributed by atoms with Gasteiger partial charge in [0, 0.05) is 36.2 Å². The van der Waals surface area contributed by atoms with E-state index in [1.54, 1.807) is 18.1 Å². The van der Waals surface area contributed by atoms with Crippen LogP contribution in [0.4, 0.5) is 8.78 Å². The summed E-state index contributed by atoms with van der Waals surface area (Å²) >= 11 is 3.26. The van der Waals surface area contributed by atoms with Crippen molar-refractivity contribution in [1.29, 1.82) is 0 Å². The standard InChI is InChI=1S/C12H17BrF2N2O/c1-9-5-11(18-2)6-10(16-9)7-17(4-3-13)8-12(14)15/h5-6,12H,3-4,7-8H2,1-2H3. The second-order valence-electron chi connectivity index (χ2n) is 3.95. The lowest BCUT2D eigenvalue weighted by Gasteiger charge is -2.20. The van der Waals surface area contributed by atoms with Crippen LogP contribution >= 0.6 is 15.9 Å². The molecule has 0 unspecified atom stereocenters. The van der Waals surface area contributed by atoms with E-state index in [-0.39, 0.29) is 6.54 Å². The quantitative estimate of drug-likeness (QED) is 0.722. The van der Waals surface area contributed by atoms with E-state index in [1.165, 1.54) is 0 Å². The van der Waals surface area contributed by atoms with E-state index in [0.29, 0.717) is 24.2 Å². The number of aryl methyl sites for hydroxylation is 1. The molecule has 0 spiro atoms. The number of ether oxygens (including phenoxy) is 1. The van der Waals surface area contributed by atoms with Gasteiger partial charge in [0.25, 0.3) is 6.43 Å². The van der Waals surface area contributed by atoms with Gasteiger partial charge in [-0.15, -0.1) is 0 Å². The van der Waals surface area contributed by atoms with Crippen LogP contribution in [0.15, 0.2) is 12.1 Å². The second kappa shape index (κ2) is 7.63. The third-order valence-corrected chi connectivity index (χ3v) is 2.75. The highest BCUT2D eigenvalue weighted by molar-refractivity contribution is 9.09. The zero-order valence-electron chi connectivity index (χ0n) is 10.5. The van der Waals surface area contributed by atoms with Crippen molar-refractivity contribution >= 4 is 15.9 Å². The van der Waals surface area contributed by atoms with Gasteiger partial charge in [-0.1, -0.05) is 15.9 Å². The van der Waals surface area contributed by atoms with Crippen LogP contribution in [0, 0.1) is 6.92 Å². The Morgan fingerprint density at radius 2 is 2.17 bits per heavy atom. The Morgan fingerprint density at radius 3 is 2.72 bits per heavy atom. The summed E-state index contributed by atoms with van der Waals surface area (Å²) in [6.45, 7) is 2.56. The molecule has 6 heteroatoms. The Morgan fingerprint density at radius 1 is 1.44 bits per heavy atom. The van der Waals surface area contributed by atoms with Gasteiger partial charge in [-0.3, -0.25) is 9.88 Å². The van der Waals surface area contributed by atoms with Crippen molar-refractivity contribution in [3.8, 4) is 5.75 Å². The number of alkyl halides is 3. The van der Waals surface area contributed by atoms with Crippen LogP contribution in [0.25, 0.3) is 0 Å². The van der Waals surface area contributed by atoms with Gasteiger partial charge in [0.15, 0.2) is 0 Å². The Balaban J connectivity index is 2.75. The molecule has 1 heterocycles. The number of hydrogen-bond acceptors (Lipinski definition) is 3. The Bertz CT molecular complexity index is 377. The lowest BCUT2D eigenvalue weighted by atomic mass is 10.2. The fraction of sp³-hybridized carbons (Fsp3) is 0.583. The molecule has 1 rings (SSSR count). The molecule has 3 nitrogen and oxygen atoms in total. The third kappa shape index (κ3) is 5.27. The van der Waals surface area contributed by atoms with E-state index >= 15 is 0 Å². The molecule has 0 aliphatic carbocycles. The molecule has 1 aromatic heterocycles. The van der Waals surface area contributed by atoms with Crippen molar-refractivity contribution in [3.05, 3.63) is 23.5 Å². The highest BCUT2D eigenvalue weighted by Crippen LogP contribution is 2.15. The van der Waals surface area contributed by atoms with Crippen LogP contribution in [-0.4, -0.2) is 41.8 Å². The van der Waals surface area contributed by atoms with Crippen LogP contribution in [-0.2, 0) is 6.54 Å². The number of hydrogen-bond donors (Lipinski definition) is 0. The fourth-order valence-corrected chi connectivity index (χ4v) is 2.18. The van der Waals surface area contributed by atoms with Gasteiger partial charge in [0.2, 0.25) is 0 Å². The van der Waals surface area contributed by atoms with Crippen molar-refractivity contribution in [2.75, 3.05) is 25.5 Å². The van der Waals surface area contributed by atoms with E-state index in [4.69, 9.17) is 4.74 Å². The minimum atomic E-state index is -2.34. The number of aromatic nitrogens is 1. The molecule has 1 aromatic rings. The minimum absolute atomic E-state index is 0.246. The zero-order valence-corrected chi connectivity index (χ0v) is 12.1. The van der Waals surface area contributed by atoms with Gasteiger partial charge in [-0.05, 0) is 6.92 Å². The summed E-state index contributed by atoms with van der Waals surface area (Å²) in [7, 11) is 1.58. The molecular weight excluding hydrogens is 306 g/mol. The molecule has 0 radical (unpaired) electrons. The molecule has 0 bridgehead atoms. The zero-order chi connectivity index (χ0) is 13.5. The largest absolute Gasteiger partial charge is 0.497 e. The molecule has 0 atom stereocenters. The predicted molar refractivity (Wildman–Crippen MR) is 70.6 cm³/mol. The maximum atomic E-state index is 12.4. The maximum Gasteiger partial charge on any atom is 0.251 e. The Labute approximate surface area is 114 Å². The Hall–Kier alpha value is -0.750. The van der Waals surface area contributed by atoms with E-state index in [2.05, 4.69) is 20.9 Å². The van der Waals surface area contributed by atoms with Crippen LogP contribution < -0.4 is 4.74 Å². The first-order valence-electron chi connectivity index (χ1n) is 5.63. The smallest absolute Gasteiger partial charge is 0.251 e. The summed E-state index contributed by atoms with van der Waals surface area (Å²) in [6, 6.07) is 3.59. The van der Waals surface area contributed by atoms with Crippen LogP contribution in [0.1, 0.15) is 11.4 Å². The first-order chi connectivity index (χ1) is 8.55. The van der Waals surface area contributed by atoms with Crippen molar-refractivity contribution in [3.63, 3.8) is 0 Å². The van der Waals surface area contributed by atoms with Crippen molar-refractivity contribution < 1.29 is 13.5 Å². The first-order valence-corrected chi connectivity index (χ1v) is 6.75. The van der Waals surface area contributed by atoms with E-state index in [9.17, 15) is 8.78 Å². The summed E-state index contributed by atoms with van der Waals surface area (Å²) in [5.74, 6) is 0.702. The molecule has 0 saturated carbocycles. The van der Waals surface area contributed by atoms with Crippen LogP contribution in [0.5, 0.6) is 5.75 Å². The highest BCUT2D eigenvalue weighted by atomic mass is 79.9. The summed E-state index contributed by atoms with van der Waals surface area (Å²) in [5.41, 5.74) is 1.56. The number of rotatable bonds is 7. The SMILES string of the molecule is COc1cc(C)nc(CN(CCBr)CC(F)F)c1. The van der Waals surface area contributed by atoms with Gasteiger partial charge in [-0.25, -0.2) is 8.78 Å². The van der Waals surface area contributed by atoms with Crippen LogP contribution in [0.2, 0.25) is 0 Å². The number of nitrogens with zero attached hydrogens (tertiary/aromatic N) is 2. The summed E-state index contributed by atoms with van der Waals surface area (Å²) in [4.78, 5) is 6.00. The van der Waals surface area contributed by atoms with Crippen LogP contribution in [0.3, 0.4) is 0 Å². The minimum Gasteiger partial charge on any atom is -0.497 e. The third-order valence-electron chi connectivity index (χ3n) is 2.40. The predicted octanol–water partition coefficient (Wildman–Crippen LogP) is 2.86. The lowest BCUT2D eigenvalue weighted by Crippen LogP contribution is -2.30. The van der Waals surface area contributed by atoms with Crippen molar-refractivity contribution in [2.24, 2.45) is 0 Å². The topological polar surface area (TPSA) is 25.4 Å². The average Bonchev–Trinajstić information content (AvgIpc) is 2.27. The van der Waals surface area contributed by atoms with Crippen molar-refractivity contribution in [2.45, 2.75) is 19.9 Å². The van der Waals surface area contributed by atoms with Gasteiger partial charge < -0.3 is 4.74 Å². The first kappa shape index (κ1) is 15.3. The van der Waals surface area contributed by atoms with Crippen molar-refractivity contribution in [1.82, 2.24) is 9.88 Å². The summed E-state index contributed by atoms with van der Waals surface area (Å²) in [6.07, 6.45) is -2.34.